The molecule has 1 aliphatic heterocycles. The topological polar surface area (TPSA) is 63.0 Å². The Kier molecular flexibility index (Phi) is 7.87. The van der Waals surface area contributed by atoms with Crippen molar-refractivity contribution < 1.29 is 13.9 Å². The first-order valence-electron chi connectivity index (χ1n) is 11.6. The molecule has 1 amide bonds. The number of nitrogens with zero attached hydrogens (tertiary/aromatic N) is 2. The quantitative estimate of drug-likeness (QED) is 0.583. The van der Waals surface area contributed by atoms with Crippen LogP contribution in [0.15, 0.2) is 45.8 Å². The summed E-state index contributed by atoms with van der Waals surface area (Å²) in [6.07, 6.45) is 8.30. The minimum Gasteiger partial charge on any atom is -0.482 e. The van der Waals surface area contributed by atoms with Gasteiger partial charge in [0.2, 0.25) is 17.1 Å². The molecule has 1 aromatic carbocycles. The summed E-state index contributed by atoms with van der Waals surface area (Å²) in [5.41, 5.74) is 0.604. The monoisotopic (exact) mass is 458 g/mol. The van der Waals surface area contributed by atoms with Crippen LogP contribution in [0.4, 0.5) is 0 Å². The largest absolute Gasteiger partial charge is 0.482 e. The molecular weight excluding hydrogens is 428 g/mol. The second kappa shape index (κ2) is 11.0. The first kappa shape index (κ1) is 22.9. The number of benzene rings is 1. The Hall–Kier alpha value is -2.31. The Bertz CT molecular complexity index is 962. The van der Waals surface area contributed by atoms with Crippen LogP contribution in [-0.4, -0.2) is 41.9 Å². The molecule has 0 N–H and O–H groups in total. The van der Waals surface area contributed by atoms with Crippen molar-refractivity contribution in [2.24, 2.45) is 5.92 Å². The van der Waals surface area contributed by atoms with Crippen LogP contribution < -0.4 is 10.2 Å². The fraction of sp³-hybridized carbons (Fsp3) is 0.520. The van der Waals surface area contributed by atoms with E-state index >= 15 is 0 Å². The van der Waals surface area contributed by atoms with Gasteiger partial charge in [0.25, 0.3) is 0 Å². The predicted octanol–water partition coefficient (Wildman–Crippen LogP) is 4.49. The van der Waals surface area contributed by atoms with Crippen molar-refractivity contribution in [1.82, 2.24) is 9.80 Å². The van der Waals surface area contributed by atoms with Gasteiger partial charge in [-0.05, 0) is 18.4 Å². The second-order valence-electron chi connectivity index (χ2n) is 8.80. The number of hydrogen-bond acceptors (Lipinski definition) is 5. The van der Waals surface area contributed by atoms with E-state index in [1.807, 2.05) is 23.1 Å². The lowest BCUT2D eigenvalue weighted by molar-refractivity contribution is -0.133. The van der Waals surface area contributed by atoms with Crippen LogP contribution in [-0.2, 0) is 17.9 Å². The molecule has 0 bridgehead atoms. The summed E-state index contributed by atoms with van der Waals surface area (Å²) in [6.45, 7) is 3.78. The first-order chi connectivity index (χ1) is 15.6. The van der Waals surface area contributed by atoms with Crippen molar-refractivity contribution in [3.8, 4) is 5.75 Å². The van der Waals surface area contributed by atoms with Gasteiger partial charge in [-0.3, -0.25) is 14.5 Å². The van der Waals surface area contributed by atoms with Gasteiger partial charge in [-0.1, -0.05) is 55.5 Å². The van der Waals surface area contributed by atoms with Crippen molar-refractivity contribution >= 4 is 17.5 Å². The van der Waals surface area contributed by atoms with E-state index in [1.165, 1.54) is 38.0 Å². The highest BCUT2D eigenvalue weighted by molar-refractivity contribution is 6.31. The van der Waals surface area contributed by atoms with E-state index in [9.17, 15) is 9.59 Å². The van der Waals surface area contributed by atoms with Crippen LogP contribution in [0.2, 0.25) is 5.02 Å². The number of ether oxygens (including phenoxy) is 1. The van der Waals surface area contributed by atoms with E-state index in [1.54, 1.807) is 6.07 Å². The number of amides is 1. The molecule has 2 heterocycles. The highest BCUT2D eigenvalue weighted by Gasteiger charge is 2.23. The summed E-state index contributed by atoms with van der Waals surface area (Å²) in [5.74, 6) is 1.80. The van der Waals surface area contributed by atoms with Gasteiger partial charge in [-0.2, -0.15) is 0 Å². The summed E-state index contributed by atoms with van der Waals surface area (Å²) in [7, 11) is 0. The number of halogens is 1. The lowest BCUT2D eigenvalue weighted by Gasteiger charge is -2.34. The van der Waals surface area contributed by atoms with Crippen molar-refractivity contribution in [3.05, 3.63) is 63.2 Å². The molecule has 1 saturated carbocycles. The fourth-order valence-electron chi connectivity index (χ4n) is 4.56. The summed E-state index contributed by atoms with van der Waals surface area (Å²) >= 11 is 6.13. The normalized spacial score (nSPS) is 17.6. The molecule has 1 aromatic heterocycles. The van der Waals surface area contributed by atoms with Gasteiger partial charge in [0.15, 0.2) is 0 Å². The van der Waals surface area contributed by atoms with Crippen molar-refractivity contribution in [2.45, 2.75) is 51.7 Å². The Morgan fingerprint density at radius 3 is 2.59 bits per heavy atom. The summed E-state index contributed by atoms with van der Waals surface area (Å²) < 4.78 is 11.3. The molecule has 2 aromatic rings. The van der Waals surface area contributed by atoms with Crippen LogP contribution in [0.25, 0.3) is 0 Å². The van der Waals surface area contributed by atoms with Crippen molar-refractivity contribution in [3.63, 3.8) is 0 Å². The number of hydrogen-bond donors (Lipinski definition) is 0. The molecule has 6 nitrogen and oxygen atoms in total. The Morgan fingerprint density at radius 2 is 1.88 bits per heavy atom. The third-order valence-corrected chi connectivity index (χ3v) is 6.91. The predicted molar refractivity (Wildman–Crippen MR) is 124 cm³/mol. The zero-order valence-corrected chi connectivity index (χ0v) is 19.2. The van der Waals surface area contributed by atoms with E-state index in [-0.39, 0.29) is 23.7 Å². The van der Waals surface area contributed by atoms with Gasteiger partial charge in [0.1, 0.15) is 18.6 Å². The van der Waals surface area contributed by atoms with Crippen LogP contribution in [0.3, 0.4) is 0 Å². The Balaban J connectivity index is 1.22. The highest BCUT2D eigenvalue weighted by Crippen LogP contribution is 2.28. The van der Waals surface area contributed by atoms with Crippen LogP contribution in [0.5, 0.6) is 5.75 Å². The molecule has 2 fully saturated rings. The third kappa shape index (κ3) is 6.14. The lowest BCUT2D eigenvalue weighted by Crippen LogP contribution is -2.48. The molecule has 7 heteroatoms. The fourth-order valence-corrected chi connectivity index (χ4v) is 4.75. The number of carbonyl (C=O) groups is 1. The van der Waals surface area contributed by atoms with Crippen molar-refractivity contribution in [2.75, 3.05) is 26.2 Å². The van der Waals surface area contributed by atoms with E-state index in [0.29, 0.717) is 23.7 Å². The number of piperazine rings is 1. The maximum atomic E-state index is 12.5. The molecule has 1 saturated heterocycles. The minimum atomic E-state index is -0.209. The molecule has 32 heavy (non-hydrogen) atoms. The molecule has 0 spiro atoms. The molecule has 0 unspecified atom stereocenters. The molecular formula is C25H31ClN2O4. The van der Waals surface area contributed by atoms with Gasteiger partial charge in [-0.15, -0.1) is 0 Å². The van der Waals surface area contributed by atoms with E-state index in [0.717, 1.165) is 44.1 Å². The summed E-state index contributed by atoms with van der Waals surface area (Å²) in [6, 6.07) is 8.85. The zero-order valence-electron chi connectivity index (χ0n) is 18.4. The molecule has 2 aliphatic rings. The molecule has 0 radical (unpaired) electrons. The molecule has 4 rings (SSSR count). The van der Waals surface area contributed by atoms with Crippen molar-refractivity contribution in [1.29, 1.82) is 0 Å². The zero-order chi connectivity index (χ0) is 22.3. The number of carbonyl (C=O) groups excluding carboxylic acids is 1. The average molecular weight is 459 g/mol. The highest BCUT2D eigenvalue weighted by atomic mass is 35.5. The van der Waals surface area contributed by atoms with E-state index in [4.69, 9.17) is 20.8 Å². The maximum Gasteiger partial charge on any atom is 0.227 e. The molecule has 172 valence electrons. The van der Waals surface area contributed by atoms with Gasteiger partial charge in [-0.25, -0.2) is 0 Å². The van der Waals surface area contributed by atoms with Gasteiger partial charge < -0.3 is 14.1 Å². The first-order valence-corrected chi connectivity index (χ1v) is 11.9. The smallest absolute Gasteiger partial charge is 0.227 e. The standard InChI is InChI=1S/C25H31ClN2O4/c26-22-8-4-3-7-20(22)17-32-24-18-31-21(15-23(24)29)16-27-11-13-28(14-12-27)25(30)10-9-19-5-1-2-6-19/h3-4,7-8,15,18-19H,1-2,5-6,9-14,16-17H2. The Morgan fingerprint density at radius 1 is 1.12 bits per heavy atom. The lowest BCUT2D eigenvalue weighted by atomic mass is 10.0. The SMILES string of the molecule is O=C(CCC1CCCC1)N1CCN(Cc2cc(=O)c(OCc3ccccc3Cl)co2)CC1. The molecule has 0 atom stereocenters. The van der Waals surface area contributed by atoms with Crippen LogP contribution >= 0.6 is 11.6 Å². The van der Waals surface area contributed by atoms with Gasteiger partial charge in [0, 0.05) is 49.3 Å². The van der Waals surface area contributed by atoms with E-state index in [2.05, 4.69) is 4.90 Å². The average Bonchev–Trinajstić information content (AvgIpc) is 3.32. The third-order valence-electron chi connectivity index (χ3n) is 6.54. The minimum absolute atomic E-state index is 0.173. The summed E-state index contributed by atoms with van der Waals surface area (Å²) in [4.78, 5) is 29.1. The molecule has 1 aliphatic carbocycles. The summed E-state index contributed by atoms with van der Waals surface area (Å²) in [5, 5.41) is 0.602. The van der Waals surface area contributed by atoms with Crippen LogP contribution in [0.1, 0.15) is 49.8 Å². The van der Waals surface area contributed by atoms with Gasteiger partial charge >= 0.3 is 0 Å². The van der Waals surface area contributed by atoms with Crippen LogP contribution in [0, 0.1) is 5.92 Å². The maximum absolute atomic E-state index is 12.5. The van der Waals surface area contributed by atoms with Gasteiger partial charge in [0.05, 0.1) is 6.54 Å². The second-order valence-corrected chi connectivity index (χ2v) is 9.21. The number of rotatable bonds is 8. The van der Waals surface area contributed by atoms with E-state index < -0.39 is 0 Å². The Labute approximate surface area is 194 Å².